The Hall–Kier alpha value is -1.63. The molecule has 0 spiro atoms. The van der Waals surface area contributed by atoms with Crippen molar-refractivity contribution in [1.82, 2.24) is 4.90 Å². The van der Waals surface area contributed by atoms with Crippen LogP contribution in [-0.4, -0.2) is 82.7 Å². The molecule has 0 bridgehead atoms. The normalized spacial score (nSPS) is 29.2. The predicted octanol–water partition coefficient (Wildman–Crippen LogP) is 8.21. The summed E-state index contributed by atoms with van der Waals surface area (Å²) in [5.74, 6) is -2.13. The summed E-state index contributed by atoms with van der Waals surface area (Å²) in [5.41, 5.74) is 2.66. The molecular weight excluding hydrogens is 677 g/mol. The van der Waals surface area contributed by atoms with Gasteiger partial charge in [0.05, 0.1) is 25.9 Å². The molecule has 3 fully saturated rings. The molecule has 7 atom stereocenters. The number of halogens is 5. The number of aliphatic hydroxyl groups is 1. The first-order valence-corrected chi connectivity index (χ1v) is 20.4. The molecule has 6 nitrogen and oxygen atoms in total. The molecule has 5 rings (SSSR count). The van der Waals surface area contributed by atoms with Crippen LogP contribution in [0.4, 0.5) is 22.0 Å². The van der Waals surface area contributed by atoms with Crippen LogP contribution in [0.2, 0.25) is 0 Å². The van der Waals surface area contributed by atoms with Crippen LogP contribution < -0.4 is 4.74 Å². The highest BCUT2D eigenvalue weighted by atomic mass is 32.2. The summed E-state index contributed by atoms with van der Waals surface area (Å²) in [5, 5.41) is 11.0. The van der Waals surface area contributed by atoms with Gasteiger partial charge in [-0.1, -0.05) is 51.5 Å². The van der Waals surface area contributed by atoms with E-state index in [2.05, 4.69) is 24.0 Å². The summed E-state index contributed by atoms with van der Waals surface area (Å²) in [6.45, 7) is 5.28. The smallest absolute Gasteiger partial charge is 0.426 e. The molecule has 12 heteroatoms. The van der Waals surface area contributed by atoms with Crippen LogP contribution in [0.3, 0.4) is 0 Å². The first kappa shape index (κ1) is 39.6. The molecule has 0 aromatic heterocycles. The second kappa shape index (κ2) is 17.5. The Balaban J connectivity index is 1.07. The first-order chi connectivity index (χ1) is 23.8. The number of nitrogens with zero attached hydrogens (tertiary/aromatic N) is 1. The number of unbranched alkanes of at least 4 members (excludes halogenated alkanes) is 6. The molecule has 1 aromatic rings. The summed E-state index contributed by atoms with van der Waals surface area (Å²) < 4.78 is 86.3. The number of esters is 1. The van der Waals surface area contributed by atoms with E-state index in [-0.39, 0.29) is 29.8 Å². The maximum Gasteiger partial charge on any atom is 0.453 e. The monoisotopic (exact) mass is 733 g/mol. The van der Waals surface area contributed by atoms with E-state index < -0.39 is 35.7 Å². The Kier molecular flexibility index (Phi) is 13.8. The van der Waals surface area contributed by atoms with E-state index in [9.17, 15) is 36.1 Å². The van der Waals surface area contributed by atoms with Crippen molar-refractivity contribution in [3.8, 4) is 5.75 Å². The third-order valence-electron chi connectivity index (χ3n) is 12.2. The molecule has 4 aliphatic rings. The van der Waals surface area contributed by atoms with E-state index in [0.717, 1.165) is 90.1 Å². The summed E-state index contributed by atoms with van der Waals surface area (Å²) in [6, 6.07) is 6.25. The topological polar surface area (TPSA) is 76.1 Å². The standard InChI is InChI=1S/C38H56F5NO5S/c1-36-17-15-31-30-12-11-29(49-34(46)26-44-18-20-48-21-19-44)25-28(30)24-27(35(31)32(36)13-14-33(36)45)10-7-5-3-2-4-6-8-22-50(47)23-9-16-37(39,40)38(41,42)43/h11-12,25,27,31-33,35,45H,2-10,13-24,26H2,1H3/t27-,31-,32+,33+,35-,36+,50?/m1/s1. The summed E-state index contributed by atoms with van der Waals surface area (Å²) in [7, 11) is -1.37. The van der Waals surface area contributed by atoms with Crippen molar-refractivity contribution >= 4 is 16.8 Å². The highest BCUT2D eigenvalue weighted by Crippen LogP contribution is 2.62. The zero-order valence-corrected chi connectivity index (χ0v) is 30.3. The van der Waals surface area contributed by atoms with Crippen molar-refractivity contribution in [2.75, 3.05) is 44.4 Å². The molecule has 2 saturated carbocycles. The van der Waals surface area contributed by atoms with Gasteiger partial charge in [-0.05, 0) is 104 Å². The van der Waals surface area contributed by atoms with Gasteiger partial charge in [-0.3, -0.25) is 13.9 Å². The fourth-order valence-corrected chi connectivity index (χ4v) is 10.6. The highest BCUT2D eigenvalue weighted by Gasteiger charge is 2.57. The molecule has 1 N–H and O–H groups in total. The quantitative estimate of drug-likeness (QED) is 0.0753. The molecule has 284 valence electrons. The van der Waals surface area contributed by atoms with Crippen molar-refractivity contribution in [3.05, 3.63) is 29.3 Å². The Labute approximate surface area is 296 Å². The van der Waals surface area contributed by atoms with Gasteiger partial charge >= 0.3 is 18.1 Å². The minimum atomic E-state index is -5.55. The molecule has 1 aromatic carbocycles. The van der Waals surface area contributed by atoms with E-state index >= 15 is 0 Å². The van der Waals surface area contributed by atoms with Gasteiger partial charge in [-0.25, -0.2) is 0 Å². The minimum Gasteiger partial charge on any atom is -0.426 e. The Morgan fingerprint density at radius 1 is 0.980 bits per heavy atom. The maximum absolute atomic E-state index is 13.0. The van der Waals surface area contributed by atoms with Crippen LogP contribution in [0.25, 0.3) is 0 Å². The first-order valence-electron chi connectivity index (χ1n) is 18.9. The highest BCUT2D eigenvalue weighted by molar-refractivity contribution is 7.84. The Morgan fingerprint density at radius 2 is 1.66 bits per heavy atom. The van der Waals surface area contributed by atoms with Gasteiger partial charge in [0, 0.05) is 41.8 Å². The second-order valence-electron chi connectivity index (χ2n) is 15.5. The predicted molar refractivity (Wildman–Crippen MR) is 184 cm³/mol. The van der Waals surface area contributed by atoms with Crippen LogP contribution in [0.1, 0.15) is 114 Å². The molecule has 0 amide bonds. The van der Waals surface area contributed by atoms with E-state index in [1.54, 1.807) is 0 Å². The minimum absolute atomic E-state index is 0.0241. The molecule has 1 saturated heterocycles. The number of ether oxygens (including phenoxy) is 2. The van der Waals surface area contributed by atoms with Gasteiger partial charge in [0.15, 0.2) is 0 Å². The number of benzene rings is 1. The van der Waals surface area contributed by atoms with Gasteiger partial charge in [0.25, 0.3) is 0 Å². The Bertz CT molecular complexity index is 1290. The number of hydrogen-bond donors (Lipinski definition) is 1. The SMILES string of the molecule is C[C@]12CC[C@@H]3c4ccc(OC(=O)CN5CCOCC5)cc4C[C@@H](CCCCCCCCCS(=O)CCCC(F)(F)C(F)(F)F)[C@H]3[C@@H]1CC[C@@H]2O. The van der Waals surface area contributed by atoms with Crippen LogP contribution in [0, 0.1) is 23.2 Å². The molecule has 50 heavy (non-hydrogen) atoms. The van der Waals surface area contributed by atoms with Crippen LogP contribution in [0.15, 0.2) is 18.2 Å². The van der Waals surface area contributed by atoms with Gasteiger partial charge in [0.2, 0.25) is 0 Å². The number of morpholine rings is 1. The Morgan fingerprint density at radius 3 is 2.38 bits per heavy atom. The average molecular weight is 734 g/mol. The molecule has 1 heterocycles. The zero-order valence-electron chi connectivity index (χ0n) is 29.5. The lowest BCUT2D eigenvalue weighted by atomic mass is 9.52. The van der Waals surface area contributed by atoms with E-state index in [0.29, 0.717) is 54.8 Å². The molecule has 1 aliphatic heterocycles. The van der Waals surface area contributed by atoms with Gasteiger partial charge in [-0.15, -0.1) is 0 Å². The van der Waals surface area contributed by atoms with Crippen molar-refractivity contribution in [2.45, 2.75) is 127 Å². The van der Waals surface area contributed by atoms with E-state index in [1.807, 2.05) is 6.07 Å². The summed E-state index contributed by atoms with van der Waals surface area (Å²) >= 11 is 0. The van der Waals surface area contributed by atoms with E-state index in [1.165, 1.54) is 11.1 Å². The average Bonchev–Trinajstić information content (AvgIpc) is 3.37. The largest absolute Gasteiger partial charge is 0.453 e. The third kappa shape index (κ3) is 9.86. The fourth-order valence-electron chi connectivity index (χ4n) is 9.44. The molecular formula is C38H56F5NO5S. The molecule has 3 aliphatic carbocycles. The lowest BCUT2D eigenvalue weighted by Gasteiger charge is -2.53. The lowest BCUT2D eigenvalue weighted by Crippen LogP contribution is -2.47. The van der Waals surface area contributed by atoms with Crippen LogP contribution in [0.5, 0.6) is 5.75 Å². The van der Waals surface area contributed by atoms with Crippen molar-refractivity contribution < 1.29 is 45.5 Å². The van der Waals surface area contributed by atoms with Gasteiger partial charge in [0.1, 0.15) is 5.75 Å². The number of fused-ring (bicyclic) bond motifs is 5. The van der Waals surface area contributed by atoms with Crippen molar-refractivity contribution in [3.63, 3.8) is 0 Å². The van der Waals surface area contributed by atoms with Gasteiger partial charge < -0.3 is 14.6 Å². The third-order valence-corrected chi connectivity index (χ3v) is 13.7. The molecule has 1 unspecified atom stereocenters. The number of rotatable bonds is 17. The van der Waals surface area contributed by atoms with E-state index in [4.69, 9.17) is 9.47 Å². The summed E-state index contributed by atoms with van der Waals surface area (Å²) in [4.78, 5) is 14.8. The number of aliphatic hydroxyl groups excluding tert-OH is 1. The number of carbonyl (C=O) groups excluding carboxylic acids is 1. The maximum atomic E-state index is 13.0. The summed E-state index contributed by atoms with van der Waals surface area (Å²) in [6.07, 6.45) is 5.54. The van der Waals surface area contributed by atoms with Crippen LogP contribution >= 0.6 is 0 Å². The second-order valence-corrected chi connectivity index (χ2v) is 17.2. The lowest BCUT2D eigenvalue weighted by molar-refractivity contribution is -0.284. The number of carbonyl (C=O) groups is 1. The zero-order chi connectivity index (χ0) is 35.9. The number of alkyl halides is 5. The van der Waals surface area contributed by atoms with Crippen molar-refractivity contribution in [2.24, 2.45) is 23.2 Å². The van der Waals surface area contributed by atoms with Crippen LogP contribution in [-0.2, 0) is 26.8 Å². The molecule has 0 radical (unpaired) electrons. The number of hydrogen-bond acceptors (Lipinski definition) is 6. The fraction of sp³-hybridized carbons (Fsp3) is 0.816. The van der Waals surface area contributed by atoms with Gasteiger partial charge in [-0.2, -0.15) is 22.0 Å². The van der Waals surface area contributed by atoms with Crippen molar-refractivity contribution in [1.29, 1.82) is 0 Å².